The fourth-order valence-electron chi connectivity index (χ4n) is 2.75. The number of amides is 2. The largest absolute Gasteiger partial charge is 0.336 e. The number of carbonyl (C=O) groups is 2. The lowest BCUT2D eigenvalue weighted by Crippen LogP contribution is -2.53. The summed E-state index contributed by atoms with van der Waals surface area (Å²) < 4.78 is 0. The summed E-state index contributed by atoms with van der Waals surface area (Å²) in [7, 11) is 0. The van der Waals surface area contributed by atoms with E-state index in [-0.39, 0.29) is 17.9 Å². The van der Waals surface area contributed by atoms with E-state index in [1.807, 2.05) is 4.90 Å². The SMILES string of the molecule is O=C(c1cnccc1Cl)N1CCN2C(=O)CCC2C1. The standard InChI is InChI=1S/C13H14ClN3O2/c14-11-3-4-15-7-10(11)13(19)16-5-6-17-9(8-16)1-2-12(17)18/h3-4,7,9H,1-2,5-6,8H2. The lowest BCUT2D eigenvalue weighted by molar-refractivity contribution is -0.130. The molecular weight excluding hydrogens is 266 g/mol. The van der Waals surface area contributed by atoms with Crippen molar-refractivity contribution in [2.45, 2.75) is 18.9 Å². The van der Waals surface area contributed by atoms with Gasteiger partial charge in [-0.25, -0.2) is 0 Å². The van der Waals surface area contributed by atoms with Crippen LogP contribution in [0.2, 0.25) is 5.02 Å². The van der Waals surface area contributed by atoms with Crippen LogP contribution in [0.25, 0.3) is 0 Å². The molecule has 0 radical (unpaired) electrons. The average Bonchev–Trinajstić information content (AvgIpc) is 2.80. The predicted molar refractivity (Wildman–Crippen MR) is 69.9 cm³/mol. The van der Waals surface area contributed by atoms with Crippen LogP contribution in [-0.4, -0.2) is 52.3 Å². The van der Waals surface area contributed by atoms with Gasteiger partial charge in [0.1, 0.15) is 0 Å². The van der Waals surface area contributed by atoms with Gasteiger partial charge < -0.3 is 9.80 Å². The first kappa shape index (κ1) is 12.4. The molecule has 1 aromatic rings. The fraction of sp³-hybridized carbons (Fsp3) is 0.462. The number of rotatable bonds is 1. The molecule has 0 aromatic carbocycles. The molecule has 3 rings (SSSR count). The van der Waals surface area contributed by atoms with Gasteiger partial charge >= 0.3 is 0 Å². The summed E-state index contributed by atoms with van der Waals surface area (Å²) in [6, 6.07) is 1.78. The quantitative estimate of drug-likeness (QED) is 0.776. The number of piperazine rings is 1. The van der Waals surface area contributed by atoms with E-state index < -0.39 is 0 Å². The van der Waals surface area contributed by atoms with Crippen LogP contribution < -0.4 is 0 Å². The highest BCUT2D eigenvalue weighted by atomic mass is 35.5. The Kier molecular flexibility index (Phi) is 3.14. The molecule has 0 bridgehead atoms. The molecule has 2 saturated heterocycles. The van der Waals surface area contributed by atoms with Gasteiger partial charge in [-0.1, -0.05) is 11.6 Å². The molecule has 0 N–H and O–H groups in total. The van der Waals surface area contributed by atoms with Crippen molar-refractivity contribution in [1.29, 1.82) is 0 Å². The highest BCUT2D eigenvalue weighted by Crippen LogP contribution is 2.24. The van der Waals surface area contributed by atoms with E-state index in [2.05, 4.69) is 4.98 Å². The van der Waals surface area contributed by atoms with Crippen molar-refractivity contribution in [3.8, 4) is 0 Å². The van der Waals surface area contributed by atoms with Gasteiger partial charge in [-0.15, -0.1) is 0 Å². The first-order valence-corrected chi connectivity index (χ1v) is 6.73. The first-order valence-electron chi connectivity index (χ1n) is 6.35. The monoisotopic (exact) mass is 279 g/mol. The summed E-state index contributed by atoms with van der Waals surface area (Å²) in [5.74, 6) is 0.105. The summed E-state index contributed by atoms with van der Waals surface area (Å²) in [5, 5.41) is 0.421. The molecule has 2 aliphatic heterocycles. The van der Waals surface area contributed by atoms with Gasteiger partial charge in [-0.2, -0.15) is 0 Å². The molecule has 0 aliphatic carbocycles. The Balaban J connectivity index is 1.76. The van der Waals surface area contributed by atoms with E-state index in [1.165, 1.54) is 6.20 Å². The fourth-order valence-corrected chi connectivity index (χ4v) is 2.94. The summed E-state index contributed by atoms with van der Waals surface area (Å²) in [6.45, 7) is 1.77. The highest BCUT2D eigenvalue weighted by Gasteiger charge is 2.37. The molecule has 3 heterocycles. The smallest absolute Gasteiger partial charge is 0.257 e. The van der Waals surface area contributed by atoms with Gasteiger partial charge in [0.25, 0.3) is 5.91 Å². The van der Waals surface area contributed by atoms with Gasteiger partial charge in [0.05, 0.1) is 10.6 Å². The zero-order valence-electron chi connectivity index (χ0n) is 10.4. The van der Waals surface area contributed by atoms with Crippen LogP contribution in [0, 0.1) is 0 Å². The molecule has 1 unspecified atom stereocenters. The Labute approximate surface area is 116 Å². The molecule has 2 amide bonds. The second-order valence-corrected chi connectivity index (χ2v) is 5.29. The van der Waals surface area contributed by atoms with Crippen molar-refractivity contribution >= 4 is 23.4 Å². The Morgan fingerprint density at radius 3 is 3.05 bits per heavy atom. The van der Waals surface area contributed by atoms with Crippen molar-refractivity contribution in [3.63, 3.8) is 0 Å². The molecule has 19 heavy (non-hydrogen) atoms. The Morgan fingerprint density at radius 1 is 1.42 bits per heavy atom. The molecule has 6 heteroatoms. The molecule has 2 fully saturated rings. The van der Waals surface area contributed by atoms with Crippen LogP contribution in [0.5, 0.6) is 0 Å². The number of aromatic nitrogens is 1. The Bertz CT molecular complexity index is 534. The van der Waals surface area contributed by atoms with E-state index >= 15 is 0 Å². The normalized spacial score (nSPS) is 22.6. The Hall–Kier alpha value is -1.62. The summed E-state index contributed by atoms with van der Waals surface area (Å²) >= 11 is 6.02. The van der Waals surface area contributed by atoms with Crippen LogP contribution in [0.1, 0.15) is 23.2 Å². The third-order valence-corrected chi connectivity index (χ3v) is 4.11. The lowest BCUT2D eigenvalue weighted by atomic mass is 10.1. The van der Waals surface area contributed by atoms with Crippen LogP contribution in [0.4, 0.5) is 0 Å². The van der Waals surface area contributed by atoms with E-state index in [0.717, 1.165) is 6.42 Å². The summed E-state index contributed by atoms with van der Waals surface area (Å²) in [4.78, 5) is 31.6. The minimum absolute atomic E-state index is 0.0999. The third kappa shape index (κ3) is 2.18. The van der Waals surface area contributed by atoms with Gasteiger partial charge in [-0.3, -0.25) is 14.6 Å². The second-order valence-electron chi connectivity index (χ2n) is 4.89. The van der Waals surface area contributed by atoms with E-state index in [9.17, 15) is 9.59 Å². The van der Waals surface area contributed by atoms with Crippen LogP contribution in [-0.2, 0) is 4.79 Å². The first-order chi connectivity index (χ1) is 9.16. The maximum atomic E-state index is 12.4. The highest BCUT2D eigenvalue weighted by molar-refractivity contribution is 6.33. The van der Waals surface area contributed by atoms with Crippen LogP contribution in [0.3, 0.4) is 0 Å². The van der Waals surface area contributed by atoms with Crippen molar-refractivity contribution in [1.82, 2.24) is 14.8 Å². The molecular formula is C13H14ClN3O2. The van der Waals surface area contributed by atoms with Gasteiger partial charge in [0.15, 0.2) is 0 Å². The summed E-state index contributed by atoms with van der Waals surface area (Å²) in [6.07, 6.45) is 4.49. The van der Waals surface area contributed by atoms with E-state index in [4.69, 9.17) is 11.6 Å². The molecule has 2 aliphatic rings. The number of hydrogen-bond donors (Lipinski definition) is 0. The van der Waals surface area contributed by atoms with Crippen molar-refractivity contribution in [2.75, 3.05) is 19.6 Å². The van der Waals surface area contributed by atoms with Crippen LogP contribution in [0.15, 0.2) is 18.5 Å². The van der Waals surface area contributed by atoms with Gasteiger partial charge in [0, 0.05) is 44.5 Å². The maximum absolute atomic E-state index is 12.4. The number of fused-ring (bicyclic) bond motifs is 1. The van der Waals surface area contributed by atoms with Crippen molar-refractivity contribution < 1.29 is 9.59 Å². The second kappa shape index (κ2) is 4.81. The van der Waals surface area contributed by atoms with Crippen molar-refractivity contribution in [2.24, 2.45) is 0 Å². The molecule has 0 spiro atoms. The molecule has 1 atom stereocenters. The topological polar surface area (TPSA) is 53.5 Å². The number of halogens is 1. The number of carbonyl (C=O) groups excluding carboxylic acids is 2. The van der Waals surface area contributed by atoms with Gasteiger partial charge in [-0.05, 0) is 12.5 Å². The number of hydrogen-bond acceptors (Lipinski definition) is 3. The molecule has 100 valence electrons. The van der Waals surface area contributed by atoms with Crippen molar-refractivity contribution in [3.05, 3.63) is 29.0 Å². The number of pyridine rings is 1. The Morgan fingerprint density at radius 2 is 2.26 bits per heavy atom. The third-order valence-electron chi connectivity index (χ3n) is 3.78. The molecule has 5 nitrogen and oxygen atoms in total. The van der Waals surface area contributed by atoms with E-state index in [1.54, 1.807) is 17.2 Å². The predicted octanol–water partition coefficient (Wildman–Crippen LogP) is 1.18. The number of nitrogens with zero attached hydrogens (tertiary/aromatic N) is 3. The van der Waals surface area contributed by atoms with Crippen LogP contribution >= 0.6 is 11.6 Å². The zero-order chi connectivity index (χ0) is 13.4. The van der Waals surface area contributed by atoms with E-state index in [0.29, 0.717) is 36.6 Å². The summed E-state index contributed by atoms with van der Waals surface area (Å²) in [5.41, 5.74) is 0.432. The minimum atomic E-state index is -0.0999. The van der Waals surface area contributed by atoms with Gasteiger partial charge in [0.2, 0.25) is 5.91 Å². The average molecular weight is 280 g/mol. The minimum Gasteiger partial charge on any atom is -0.336 e. The molecule has 1 aromatic heterocycles. The zero-order valence-corrected chi connectivity index (χ0v) is 11.1. The molecule has 0 saturated carbocycles. The maximum Gasteiger partial charge on any atom is 0.257 e. The lowest BCUT2D eigenvalue weighted by Gasteiger charge is -2.37.